The molecular formula is C59H44N4OPt. The van der Waals surface area contributed by atoms with Crippen molar-refractivity contribution in [3.05, 3.63) is 221 Å². The van der Waals surface area contributed by atoms with E-state index in [1.807, 2.05) is 48.5 Å². The number of fused-ring (bicyclic) bond motifs is 5. The van der Waals surface area contributed by atoms with E-state index in [1.165, 1.54) is 17.5 Å². The molecule has 11 aromatic rings. The molecule has 0 unspecified atom stereocenters. The van der Waals surface area contributed by atoms with Crippen molar-refractivity contribution in [1.82, 2.24) is 18.7 Å². The number of para-hydroxylation sites is 3. The van der Waals surface area contributed by atoms with Crippen LogP contribution in [0.15, 0.2) is 200 Å². The van der Waals surface area contributed by atoms with Crippen molar-refractivity contribution >= 4 is 32.8 Å². The Morgan fingerprint density at radius 2 is 1.08 bits per heavy atom. The molecule has 65 heavy (non-hydrogen) atoms. The number of rotatable bonds is 8. The summed E-state index contributed by atoms with van der Waals surface area (Å²) < 4.78 is 40.6. The van der Waals surface area contributed by atoms with Crippen LogP contribution in [0.1, 0.15) is 33.6 Å². The van der Waals surface area contributed by atoms with Gasteiger partial charge < -0.3 is 0 Å². The fourth-order valence-electron chi connectivity index (χ4n) is 9.83. The first kappa shape index (κ1) is 36.1. The molecule has 3 aromatic heterocycles. The van der Waals surface area contributed by atoms with Crippen LogP contribution in [0.4, 0.5) is 0 Å². The first-order valence-electron chi connectivity index (χ1n) is 23.7. The average molecular weight is 1020 g/mol. The molecule has 0 fully saturated rings. The molecule has 0 bridgehead atoms. The van der Waals surface area contributed by atoms with E-state index in [1.54, 1.807) is 12.3 Å². The van der Waals surface area contributed by atoms with Gasteiger partial charge in [0.15, 0.2) is 0 Å². The fourth-order valence-corrected chi connectivity index (χ4v) is 10.9. The Kier molecular flexibility index (Phi) is 9.06. The van der Waals surface area contributed by atoms with Crippen LogP contribution < -0.4 is 4.74 Å². The Morgan fingerprint density at radius 1 is 0.492 bits per heavy atom. The van der Waals surface area contributed by atoms with Gasteiger partial charge in [-0.3, -0.25) is 0 Å². The summed E-state index contributed by atoms with van der Waals surface area (Å²) in [6.07, 6.45) is 6.10. The first-order chi connectivity index (χ1) is 33.3. The molecule has 0 saturated heterocycles. The molecule has 5 nitrogen and oxygen atoms in total. The molecule has 0 aliphatic heterocycles. The van der Waals surface area contributed by atoms with Crippen molar-refractivity contribution in [1.29, 1.82) is 0 Å². The van der Waals surface area contributed by atoms with Crippen molar-refractivity contribution < 1.29 is 28.2 Å². The number of aryl methyl sites for hydroxylation is 3. The van der Waals surface area contributed by atoms with Gasteiger partial charge in [-0.1, -0.05) is 30.3 Å². The van der Waals surface area contributed by atoms with Crippen molar-refractivity contribution in [2.24, 2.45) is 0 Å². The summed E-state index contributed by atoms with van der Waals surface area (Å²) in [5.74, 6) is 1.90. The molecule has 8 aromatic carbocycles. The third kappa shape index (κ3) is 6.90. The van der Waals surface area contributed by atoms with Gasteiger partial charge in [-0.05, 0) is 54.8 Å². The number of benzene rings is 8. The van der Waals surface area contributed by atoms with Gasteiger partial charge >= 0.3 is 294 Å². The Bertz CT molecular complexity index is 3720. The van der Waals surface area contributed by atoms with Crippen LogP contribution in [0, 0.1) is 10.7 Å². The summed E-state index contributed by atoms with van der Waals surface area (Å²) in [6, 6.07) is 66.9. The van der Waals surface area contributed by atoms with E-state index in [4.69, 9.17) is 13.8 Å². The zero-order valence-electron chi connectivity index (χ0n) is 38.4. The number of aromatic nitrogens is 4. The quantitative estimate of drug-likeness (QED) is 0.152. The SMILES string of the molecule is [2H]C([2H])([2H])c1cc(-n2c3cc(Oc4cccc(-n5[c](=[Pt])n(-c6c(-c7ccccc7)cccc6-c6ccccc6)c6ccccc65)c4)ccc3c3cc4c(cc32)CCCC4)ncc1-c1ccccc1. The van der Waals surface area contributed by atoms with Gasteiger partial charge in [0.05, 0.1) is 0 Å². The minimum Gasteiger partial charge on any atom is -0.0622 e. The van der Waals surface area contributed by atoms with Crippen LogP contribution in [0.3, 0.4) is 0 Å². The molecule has 0 radical (unpaired) electrons. The normalized spacial score (nSPS) is 13.4. The predicted octanol–water partition coefficient (Wildman–Crippen LogP) is 15.0. The molecule has 12 rings (SSSR count). The van der Waals surface area contributed by atoms with Gasteiger partial charge in [-0.2, -0.15) is 0 Å². The summed E-state index contributed by atoms with van der Waals surface area (Å²) >= 11 is 2.48. The molecular weight excluding hydrogens is 976 g/mol. The van der Waals surface area contributed by atoms with E-state index in [2.05, 4.69) is 173 Å². The molecule has 0 amide bonds. The molecule has 0 spiro atoms. The summed E-state index contributed by atoms with van der Waals surface area (Å²) in [6.45, 7) is -2.36. The van der Waals surface area contributed by atoms with E-state index in [9.17, 15) is 0 Å². The minimum atomic E-state index is -2.36. The summed E-state index contributed by atoms with van der Waals surface area (Å²) in [5.41, 5.74) is 15.1. The number of pyridine rings is 1. The molecule has 1 aliphatic carbocycles. The van der Waals surface area contributed by atoms with Crippen LogP contribution >= 0.6 is 0 Å². The third-order valence-electron chi connectivity index (χ3n) is 12.9. The minimum absolute atomic E-state index is 0.263. The molecule has 3 heterocycles. The van der Waals surface area contributed by atoms with Crippen molar-refractivity contribution in [2.45, 2.75) is 32.5 Å². The smallest absolute Gasteiger partial charge is 0.0622 e. The van der Waals surface area contributed by atoms with E-state index < -0.39 is 6.85 Å². The zero-order valence-corrected chi connectivity index (χ0v) is 37.7. The van der Waals surface area contributed by atoms with Crippen LogP contribution in [0.2, 0.25) is 0 Å². The summed E-state index contributed by atoms with van der Waals surface area (Å²) in [5, 5.41) is 2.17. The number of nitrogens with zero attached hydrogens (tertiary/aromatic N) is 4. The fraction of sp³-hybridized carbons (Fsp3) is 0.0847. The first-order valence-corrected chi connectivity index (χ1v) is 23.3. The monoisotopic (exact) mass is 1020 g/mol. The Balaban J connectivity index is 0.994. The van der Waals surface area contributed by atoms with Gasteiger partial charge in [-0.15, -0.1) is 0 Å². The molecule has 316 valence electrons. The van der Waals surface area contributed by atoms with Crippen molar-refractivity contribution in [3.63, 3.8) is 0 Å². The van der Waals surface area contributed by atoms with Gasteiger partial charge in [-0.25, -0.2) is 0 Å². The molecule has 0 N–H and O–H groups in total. The maximum atomic E-state index is 8.64. The van der Waals surface area contributed by atoms with Crippen LogP contribution in [-0.4, -0.2) is 18.7 Å². The standard InChI is InChI=1S/C59H44N4O.Pt/c1-40-33-58(60-38-53(40)43-21-9-4-10-22-43)63-56-35-45-24-12-11-23-44(45)34-52(56)51-32-31-48(37-57(51)63)64-47-26-15-25-46(36-47)61-39-62(55-30-14-13-29-54(55)61)59-49(41-17-5-2-6-18-41)27-16-28-50(59)42-19-7-3-8-20-42;/h2-10,13-22,25-38H,11-12,23-24H2,1H3;/i1D3;. The number of hydrogen-bond donors (Lipinski definition) is 0. The van der Waals surface area contributed by atoms with Crippen molar-refractivity contribution in [3.8, 4) is 62.1 Å². The average Bonchev–Trinajstić information content (AvgIpc) is 3.85. The summed E-state index contributed by atoms with van der Waals surface area (Å²) in [4.78, 5) is 5.01. The number of imidazole rings is 1. The Labute approximate surface area is 393 Å². The number of hydrogen-bond acceptors (Lipinski definition) is 2. The van der Waals surface area contributed by atoms with E-state index in [-0.39, 0.29) is 5.56 Å². The Morgan fingerprint density at radius 3 is 1.75 bits per heavy atom. The second-order valence-electron chi connectivity index (χ2n) is 16.7. The van der Waals surface area contributed by atoms with Gasteiger partial charge in [0.25, 0.3) is 0 Å². The third-order valence-corrected chi connectivity index (χ3v) is 13.9. The molecule has 0 atom stereocenters. The molecule has 0 saturated carbocycles. The second-order valence-corrected chi connectivity index (χ2v) is 17.8. The predicted molar refractivity (Wildman–Crippen MR) is 262 cm³/mol. The Hall–Kier alpha value is -7.33. The van der Waals surface area contributed by atoms with Gasteiger partial charge in [0, 0.05) is 15.9 Å². The summed E-state index contributed by atoms with van der Waals surface area (Å²) in [7, 11) is 0. The van der Waals surface area contributed by atoms with Gasteiger partial charge in [0.2, 0.25) is 0 Å². The van der Waals surface area contributed by atoms with E-state index in [0.29, 0.717) is 22.9 Å². The van der Waals surface area contributed by atoms with Crippen LogP contribution in [0.25, 0.3) is 83.4 Å². The maximum absolute atomic E-state index is 8.64. The van der Waals surface area contributed by atoms with Crippen LogP contribution in [0.5, 0.6) is 11.5 Å². The topological polar surface area (TPSA) is 36.9 Å². The van der Waals surface area contributed by atoms with Gasteiger partial charge in [0.1, 0.15) is 0 Å². The van der Waals surface area contributed by atoms with Crippen molar-refractivity contribution in [2.75, 3.05) is 0 Å². The van der Waals surface area contributed by atoms with E-state index >= 15 is 0 Å². The zero-order chi connectivity index (χ0) is 45.9. The number of ether oxygens (including phenoxy) is 1. The van der Waals surface area contributed by atoms with E-state index in [0.717, 1.165) is 95.1 Å². The second kappa shape index (κ2) is 16.3. The molecule has 1 aliphatic rings. The van der Waals surface area contributed by atoms with Crippen LogP contribution in [-0.2, 0) is 32.2 Å². The molecule has 6 heteroatoms.